The number of fused-ring (bicyclic) bond motifs is 1. The monoisotopic (exact) mass is 563 g/mol. The van der Waals surface area contributed by atoms with Gasteiger partial charge in [0, 0.05) is 43.3 Å². The molecule has 1 aromatic carbocycles. The third kappa shape index (κ3) is 6.32. The van der Waals surface area contributed by atoms with Gasteiger partial charge in [0.15, 0.2) is 5.82 Å². The van der Waals surface area contributed by atoms with Crippen LogP contribution in [0, 0.1) is 11.6 Å². The number of hydrogen-bond donors (Lipinski definition) is 2. The van der Waals surface area contributed by atoms with Crippen molar-refractivity contribution in [3.63, 3.8) is 0 Å². The molecule has 0 saturated carbocycles. The molecule has 0 radical (unpaired) electrons. The highest BCUT2D eigenvalue weighted by Gasteiger charge is 2.26. The van der Waals surface area contributed by atoms with Crippen molar-refractivity contribution in [1.82, 2.24) is 24.8 Å². The number of aliphatic hydroxyl groups is 1. The summed E-state index contributed by atoms with van der Waals surface area (Å²) in [7, 11) is 0. The van der Waals surface area contributed by atoms with Crippen LogP contribution in [0.1, 0.15) is 39.4 Å². The van der Waals surface area contributed by atoms with Crippen molar-refractivity contribution in [3.8, 4) is 11.3 Å². The normalized spacial score (nSPS) is 14.7. The zero-order chi connectivity index (χ0) is 29.3. The molecule has 41 heavy (non-hydrogen) atoms. The first kappa shape index (κ1) is 28.1. The van der Waals surface area contributed by atoms with Gasteiger partial charge in [0.25, 0.3) is 0 Å². The van der Waals surface area contributed by atoms with E-state index in [1.54, 1.807) is 36.2 Å². The van der Waals surface area contributed by atoms with Crippen LogP contribution in [0.15, 0.2) is 48.9 Å². The maximum atomic E-state index is 14.9. The number of ether oxygens (including phenoxy) is 1. The third-order valence-corrected chi connectivity index (χ3v) is 6.58. The topological polar surface area (TPSA) is 117 Å². The lowest BCUT2D eigenvalue weighted by molar-refractivity contribution is 0.0240. The molecule has 1 saturated heterocycles. The van der Waals surface area contributed by atoms with Gasteiger partial charge in [0.1, 0.15) is 28.4 Å². The molecule has 0 aliphatic carbocycles. The minimum Gasteiger partial charge on any atom is -0.444 e. The quantitative estimate of drug-likeness (QED) is 0.337. The molecule has 12 heteroatoms. The zero-order valence-electron chi connectivity index (χ0n) is 23.2. The highest BCUT2D eigenvalue weighted by molar-refractivity contribution is 5.87. The van der Waals surface area contributed by atoms with Crippen LogP contribution >= 0.6 is 0 Å². The van der Waals surface area contributed by atoms with E-state index in [0.717, 1.165) is 18.0 Å². The molecule has 2 N–H and O–H groups in total. The first-order valence-electron chi connectivity index (χ1n) is 13.2. The van der Waals surface area contributed by atoms with Gasteiger partial charge < -0.3 is 25.0 Å². The highest BCUT2D eigenvalue weighted by Crippen LogP contribution is 2.31. The fourth-order valence-electron chi connectivity index (χ4n) is 4.60. The van der Waals surface area contributed by atoms with E-state index in [4.69, 9.17) is 4.74 Å². The van der Waals surface area contributed by atoms with Gasteiger partial charge in [-0.25, -0.2) is 28.5 Å². The second kappa shape index (κ2) is 11.2. The Labute approximate surface area is 236 Å². The summed E-state index contributed by atoms with van der Waals surface area (Å²) >= 11 is 0. The Morgan fingerprint density at radius 1 is 1.02 bits per heavy atom. The van der Waals surface area contributed by atoms with E-state index in [1.165, 1.54) is 6.20 Å². The Bertz CT molecular complexity index is 1570. The fourth-order valence-corrected chi connectivity index (χ4v) is 4.60. The van der Waals surface area contributed by atoms with Crippen LogP contribution in [-0.4, -0.2) is 67.8 Å². The number of rotatable bonds is 5. The molecule has 1 atom stereocenters. The summed E-state index contributed by atoms with van der Waals surface area (Å²) in [6, 6.07) is 7.93. The number of carbonyl (C=O) groups excluding carboxylic acids is 1. The Balaban J connectivity index is 1.30. The molecule has 214 valence electrons. The number of aromatic nitrogens is 4. The van der Waals surface area contributed by atoms with Crippen molar-refractivity contribution in [3.05, 3.63) is 66.1 Å². The minimum atomic E-state index is -0.870. The molecule has 0 spiro atoms. The van der Waals surface area contributed by atoms with E-state index in [0.29, 0.717) is 42.9 Å². The summed E-state index contributed by atoms with van der Waals surface area (Å²) in [4.78, 5) is 32.9. The summed E-state index contributed by atoms with van der Waals surface area (Å²) in [6.07, 6.45) is 2.93. The molecular weight excluding hydrogens is 532 g/mol. The first-order valence-corrected chi connectivity index (χ1v) is 13.2. The van der Waals surface area contributed by atoms with Crippen LogP contribution in [0.2, 0.25) is 0 Å². The van der Waals surface area contributed by atoms with Gasteiger partial charge in [-0.15, -0.1) is 0 Å². The summed E-state index contributed by atoms with van der Waals surface area (Å²) < 4.78 is 35.2. The number of anilines is 3. The molecule has 0 bridgehead atoms. The number of halogens is 2. The van der Waals surface area contributed by atoms with Gasteiger partial charge >= 0.3 is 6.09 Å². The van der Waals surface area contributed by atoms with Gasteiger partial charge in [-0.1, -0.05) is 0 Å². The maximum Gasteiger partial charge on any atom is 0.410 e. The van der Waals surface area contributed by atoms with Crippen LogP contribution in [0.25, 0.3) is 22.2 Å². The van der Waals surface area contributed by atoms with Gasteiger partial charge in [-0.3, -0.25) is 4.98 Å². The molecule has 1 unspecified atom stereocenters. The Morgan fingerprint density at radius 3 is 2.44 bits per heavy atom. The average Bonchev–Trinajstić information content (AvgIpc) is 2.93. The van der Waals surface area contributed by atoms with E-state index in [1.807, 2.05) is 26.8 Å². The Kier molecular flexibility index (Phi) is 7.68. The largest absolute Gasteiger partial charge is 0.444 e. The van der Waals surface area contributed by atoms with E-state index < -0.39 is 23.3 Å². The van der Waals surface area contributed by atoms with Crippen LogP contribution in [-0.2, 0) is 4.74 Å². The number of hydrogen-bond acceptors (Lipinski definition) is 9. The van der Waals surface area contributed by atoms with E-state index in [9.17, 15) is 18.7 Å². The van der Waals surface area contributed by atoms with Crippen molar-refractivity contribution in [2.75, 3.05) is 36.4 Å². The average molecular weight is 564 g/mol. The molecule has 10 nitrogen and oxygen atoms in total. The van der Waals surface area contributed by atoms with E-state index in [2.05, 4.69) is 30.2 Å². The second-order valence-corrected chi connectivity index (χ2v) is 10.8. The fraction of sp³-hybridized carbons (Fsp3) is 0.345. The summed E-state index contributed by atoms with van der Waals surface area (Å²) in [5.41, 5.74) is 0.968. The van der Waals surface area contributed by atoms with Crippen molar-refractivity contribution < 1.29 is 23.4 Å². The number of nitrogens with zero attached hydrogens (tertiary/aromatic N) is 6. The molecule has 4 heterocycles. The molecule has 1 fully saturated rings. The van der Waals surface area contributed by atoms with Crippen LogP contribution < -0.4 is 10.2 Å². The molecule has 3 aromatic heterocycles. The van der Waals surface area contributed by atoms with Crippen molar-refractivity contribution in [1.29, 1.82) is 0 Å². The van der Waals surface area contributed by atoms with Gasteiger partial charge in [0.05, 0.1) is 24.2 Å². The SMILES string of the molecule is CC(O)c1ccnc2c(F)cc(-c3nc(Nc4ccc(N5CCN(C(=O)OC(C)(C)C)CC5)cn4)ncc3F)cc12. The van der Waals surface area contributed by atoms with Crippen LogP contribution in [0.3, 0.4) is 0 Å². The van der Waals surface area contributed by atoms with Crippen molar-refractivity contribution in [2.45, 2.75) is 39.4 Å². The van der Waals surface area contributed by atoms with E-state index in [-0.39, 0.29) is 28.8 Å². The number of piperazine rings is 1. The first-order chi connectivity index (χ1) is 19.5. The Hall–Kier alpha value is -4.45. The summed E-state index contributed by atoms with van der Waals surface area (Å²) in [5.74, 6) is -0.874. The van der Waals surface area contributed by atoms with Crippen molar-refractivity contribution in [2.24, 2.45) is 0 Å². The lowest BCUT2D eigenvalue weighted by Gasteiger charge is -2.36. The lowest BCUT2D eigenvalue weighted by atomic mass is 10.0. The smallest absolute Gasteiger partial charge is 0.410 e. The number of nitrogens with one attached hydrogen (secondary N) is 1. The molecule has 1 aliphatic heterocycles. The summed E-state index contributed by atoms with van der Waals surface area (Å²) in [5, 5.41) is 13.5. The maximum absolute atomic E-state index is 14.9. The standard InChI is InChI=1S/C29H31F2N7O3/c1-17(39)20-7-8-32-26-21(20)13-18(14-22(26)30)25-23(31)16-34-27(36-25)35-24-6-5-19(15-33-24)37-9-11-38(12-10-37)28(40)41-29(2,3)4/h5-8,13-17,39H,9-12H2,1-4H3,(H,33,34,35,36). The van der Waals surface area contributed by atoms with Crippen LogP contribution in [0.4, 0.5) is 31.0 Å². The lowest BCUT2D eigenvalue weighted by Crippen LogP contribution is -2.50. The number of benzene rings is 1. The highest BCUT2D eigenvalue weighted by atomic mass is 19.1. The molecular formula is C29H31F2N7O3. The van der Waals surface area contributed by atoms with Gasteiger partial charge in [-0.05, 0) is 63.6 Å². The predicted molar refractivity (Wildman–Crippen MR) is 151 cm³/mol. The van der Waals surface area contributed by atoms with Crippen LogP contribution in [0.5, 0.6) is 0 Å². The number of aliphatic hydroxyl groups excluding tert-OH is 1. The Morgan fingerprint density at radius 2 is 1.78 bits per heavy atom. The number of amides is 1. The molecule has 1 amide bonds. The zero-order valence-corrected chi connectivity index (χ0v) is 23.2. The number of carbonyl (C=O) groups is 1. The third-order valence-electron chi connectivity index (χ3n) is 6.58. The molecule has 5 rings (SSSR count). The minimum absolute atomic E-state index is 0.0788. The predicted octanol–water partition coefficient (Wildman–Crippen LogP) is 5.22. The van der Waals surface area contributed by atoms with E-state index >= 15 is 0 Å². The number of pyridine rings is 2. The van der Waals surface area contributed by atoms with Gasteiger partial charge in [-0.2, -0.15) is 0 Å². The molecule has 1 aliphatic rings. The second-order valence-electron chi connectivity index (χ2n) is 10.8. The molecule has 4 aromatic rings. The summed E-state index contributed by atoms with van der Waals surface area (Å²) in [6.45, 7) is 9.42. The van der Waals surface area contributed by atoms with Crippen molar-refractivity contribution >= 4 is 34.4 Å². The van der Waals surface area contributed by atoms with Gasteiger partial charge in [0.2, 0.25) is 5.95 Å².